The lowest BCUT2D eigenvalue weighted by Gasteiger charge is -2.24. The number of H-pyrrole nitrogens is 1. The number of aromatic amines is 1. The molecule has 0 bridgehead atoms. The van der Waals surface area contributed by atoms with Crippen LogP contribution < -0.4 is 15.0 Å². The van der Waals surface area contributed by atoms with Crippen molar-refractivity contribution in [2.24, 2.45) is 0 Å². The van der Waals surface area contributed by atoms with Gasteiger partial charge in [-0.1, -0.05) is 12.1 Å². The van der Waals surface area contributed by atoms with Crippen LogP contribution in [0.3, 0.4) is 0 Å². The van der Waals surface area contributed by atoms with Gasteiger partial charge in [-0.2, -0.15) is 0 Å². The molecule has 0 aliphatic carbocycles. The number of rotatable bonds is 4. The lowest BCUT2D eigenvalue weighted by molar-refractivity contribution is 0.332. The fraction of sp³-hybridized carbons (Fsp3) is 0.214. The summed E-state index contributed by atoms with van der Waals surface area (Å²) in [6.07, 6.45) is 0. The highest BCUT2D eigenvalue weighted by Gasteiger charge is 2.19. The highest BCUT2D eigenvalue weighted by Crippen LogP contribution is 2.34. The number of aryl methyl sites for hydroxylation is 1. The van der Waals surface area contributed by atoms with Gasteiger partial charge < -0.3 is 19.9 Å². The molecule has 0 saturated carbocycles. The van der Waals surface area contributed by atoms with Crippen LogP contribution >= 0.6 is 0 Å². The topological polar surface area (TPSA) is 66.1 Å². The van der Waals surface area contributed by atoms with Crippen LogP contribution in [0, 0.1) is 12.7 Å². The van der Waals surface area contributed by atoms with Crippen molar-refractivity contribution >= 4 is 33.6 Å². The van der Waals surface area contributed by atoms with Crippen LogP contribution in [0.2, 0.25) is 0 Å². The molecule has 2 aromatic heterocycles. The van der Waals surface area contributed by atoms with E-state index in [1.54, 1.807) is 0 Å². The van der Waals surface area contributed by atoms with Crippen molar-refractivity contribution in [2.45, 2.75) is 20.4 Å². The summed E-state index contributed by atoms with van der Waals surface area (Å²) in [7, 11) is 0. The Kier molecular flexibility index (Phi) is 5.25. The van der Waals surface area contributed by atoms with Gasteiger partial charge in [0, 0.05) is 41.5 Å². The molecule has 0 saturated heterocycles. The van der Waals surface area contributed by atoms with E-state index in [4.69, 9.17) is 4.74 Å². The first-order chi connectivity index (χ1) is 17.1. The van der Waals surface area contributed by atoms with Gasteiger partial charge >= 0.3 is 0 Å². The van der Waals surface area contributed by atoms with E-state index in [1.165, 1.54) is 12.1 Å². The van der Waals surface area contributed by atoms with E-state index in [0.29, 0.717) is 18.7 Å². The summed E-state index contributed by atoms with van der Waals surface area (Å²) >= 11 is 0. The van der Waals surface area contributed by atoms with Crippen molar-refractivity contribution in [3.63, 3.8) is 0 Å². The van der Waals surface area contributed by atoms with E-state index in [2.05, 4.69) is 61.6 Å². The van der Waals surface area contributed by atoms with E-state index in [0.717, 1.165) is 69.3 Å². The van der Waals surface area contributed by atoms with Crippen LogP contribution in [-0.4, -0.2) is 34.6 Å². The summed E-state index contributed by atoms with van der Waals surface area (Å²) in [4.78, 5) is 14.8. The lowest BCUT2D eigenvalue weighted by Crippen LogP contribution is -2.25. The summed E-state index contributed by atoms with van der Waals surface area (Å²) in [5.74, 6) is 1.40. The molecule has 0 atom stereocenters. The van der Waals surface area contributed by atoms with Crippen LogP contribution in [0.25, 0.3) is 33.1 Å². The third-order valence-corrected chi connectivity index (χ3v) is 6.42. The maximum Gasteiger partial charge on any atom is 0.201 e. The maximum atomic E-state index is 13.9. The summed E-state index contributed by atoms with van der Waals surface area (Å²) in [6, 6.07) is 19.5. The Bertz CT molecular complexity index is 1560. The molecule has 1 aliphatic heterocycles. The zero-order chi connectivity index (χ0) is 23.9. The van der Waals surface area contributed by atoms with Crippen LogP contribution in [0.4, 0.5) is 16.0 Å². The minimum absolute atomic E-state index is 0.275. The molecule has 0 fully saturated rings. The number of imidazole rings is 1. The second kappa shape index (κ2) is 8.58. The molecule has 6 rings (SSSR count). The van der Waals surface area contributed by atoms with Crippen molar-refractivity contribution < 1.29 is 9.13 Å². The average molecular weight is 468 g/mol. The number of benzene rings is 3. The predicted octanol–water partition coefficient (Wildman–Crippen LogP) is 6.06. The summed E-state index contributed by atoms with van der Waals surface area (Å²) in [5.41, 5.74) is 7.86. The molecule has 3 aromatic carbocycles. The van der Waals surface area contributed by atoms with Gasteiger partial charge in [-0.15, -0.1) is 0 Å². The Morgan fingerprint density at radius 3 is 2.74 bits per heavy atom. The molecule has 176 valence electrons. The van der Waals surface area contributed by atoms with Gasteiger partial charge in [-0.05, 0) is 67.4 Å². The number of fused-ring (bicyclic) bond motifs is 3. The van der Waals surface area contributed by atoms with Gasteiger partial charge in [0.1, 0.15) is 18.2 Å². The third kappa shape index (κ3) is 4.03. The van der Waals surface area contributed by atoms with Gasteiger partial charge in [-0.25, -0.2) is 9.37 Å². The number of halogens is 1. The van der Waals surface area contributed by atoms with Crippen LogP contribution in [0.5, 0.6) is 5.75 Å². The number of anilines is 2. The number of nitrogens with one attached hydrogen (secondary N) is 2. The number of aromatic nitrogens is 3. The number of nitrogens with zero attached hydrogens (tertiary/aromatic N) is 3. The molecular formula is C28H26FN5O. The monoisotopic (exact) mass is 467 g/mol. The standard InChI is InChI=1S/C28H26FN5O/c1-3-30-28-32-23-8-4-19(14-25(23)33-28)18-5-9-27-20(13-18)16-34(10-11-35-27)26-12-17(2)31-24-15-21(29)6-7-22(24)26/h4-9,12-15H,3,10-11,16H2,1-2H3,(H2,30,32,33). The lowest BCUT2D eigenvalue weighted by atomic mass is 10.0. The molecule has 1 aliphatic rings. The first kappa shape index (κ1) is 21.4. The van der Waals surface area contributed by atoms with Crippen molar-refractivity contribution in [1.82, 2.24) is 15.0 Å². The fourth-order valence-electron chi connectivity index (χ4n) is 4.79. The van der Waals surface area contributed by atoms with E-state index in [9.17, 15) is 4.39 Å². The van der Waals surface area contributed by atoms with Gasteiger partial charge in [0.25, 0.3) is 0 Å². The summed E-state index contributed by atoms with van der Waals surface area (Å²) < 4.78 is 20.0. The number of hydrogen-bond donors (Lipinski definition) is 2. The molecule has 35 heavy (non-hydrogen) atoms. The fourth-order valence-corrected chi connectivity index (χ4v) is 4.79. The van der Waals surface area contributed by atoms with Crippen molar-refractivity contribution in [3.8, 4) is 16.9 Å². The normalized spacial score (nSPS) is 13.5. The predicted molar refractivity (Wildman–Crippen MR) is 139 cm³/mol. The zero-order valence-electron chi connectivity index (χ0n) is 19.7. The van der Waals surface area contributed by atoms with E-state index in [1.807, 2.05) is 26.0 Å². The molecule has 0 amide bonds. The Labute approximate surface area is 202 Å². The van der Waals surface area contributed by atoms with Crippen molar-refractivity contribution in [2.75, 3.05) is 29.9 Å². The second-order valence-corrected chi connectivity index (χ2v) is 8.88. The van der Waals surface area contributed by atoms with Gasteiger partial charge in [0.05, 0.1) is 23.1 Å². The highest BCUT2D eigenvalue weighted by atomic mass is 19.1. The molecular weight excluding hydrogens is 441 g/mol. The molecule has 3 heterocycles. The number of hydrogen-bond acceptors (Lipinski definition) is 5. The molecule has 0 unspecified atom stereocenters. The van der Waals surface area contributed by atoms with E-state index < -0.39 is 0 Å². The SMILES string of the molecule is CCNc1nc2ccc(-c3ccc4c(c3)CN(c3cc(C)nc5cc(F)ccc35)CCO4)cc2[nH]1. The smallest absolute Gasteiger partial charge is 0.201 e. The van der Waals surface area contributed by atoms with Crippen molar-refractivity contribution in [3.05, 3.63) is 77.7 Å². The number of ether oxygens (including phenoxy) is 1. The molecule has 2 N–H and O–H groups in total. The van der Waals surface area contributed by atoms with E-state index >= 15 is 0 Å². The van der Waals surface area contributed by atoms with E-state index in [-0.39, 0.29) is 5.82 Å². The van der Waals surface area contributed by atoms with Crippen LogP contribution in [0.15, 0.2) is 60.7 Å². The molecule has 0 spiro atoms. The second-order valence-electron chi connectivity index (χ2n) is 8.88. The Morgan fingerprint density at radius 2 is 1.86 bits per heavy atom. The first-order valence-corrected chi connectivity index (χ1v) is 11.9. The van der Waals surface area contributed by atoms with Crippen LogP contribution in [0.1, 0.15) is 18.2 Å². The minimum Gasteiger partial charge on any atom is -0.491 e. The Hall–Kier alpha value is -4.13. The summed E-state index contributed by atoms with van der Waals surface area (Å²) in [6.45, 7) is 6.80. The average Bonchev–Trinajstić information content (AvgIpc) is 3.12. The van der Waals surface area contributed by atoms with Gasteiger partial charge in [0.2, 0.25) is 5.95 Å². The quantitative estimate of drug-likeness (QED) is 0.337. The maximum absolute atomic E-state index is 13.9. The molecule has 6 nitrogen and oxygen atoms in total. The highest BCUT2D eigenvalue weighted by molar-refractivity contribution is 5.92. The van der Waals surface area contributed by atoms with Crippen LogP contribution in [-0.2, 0) is 6.54 Å². The zero-order valence-corrected chi connectivity index (χ0v) is 19.7. The molecule has 7 heteroatoms. The van der Waals surface area contributed by atoms with Gasteiger partial charge in [-0.3, -0.25) is 4.98 Å². The largest absolute Gasteiger partial charge is 0.491 e. The third-order valence-electron chi connectivity index (χ3n) is 6.42. The summed E-state index contributed by atoms with van der Waals surface area (Å²) in [5, 5.41) is 4.17. The number of pyridine rings is 1. The first-order valence-electron chi connectivity index (χ1n) is 11.9. The Morgan fingerprint density at radius 1 is 1.00 bits per heavy atom. The van der Waals surface area contributed by atoms with Gasteiger partial charge in [0.15, 0.2) is 0 Å². The molecule has 0 radical (unpaired) electrons. The minimum atomic E-state index is -0.275. The molecule has 5 aromatic rings. The van der Waals surface area contributed by atoms with Crippen molar-refractivity contribution in [1.29, 1.82) is 0 Å². The Balaban J connectivity index is 1.37.